The van der Waals surface area contributed by atoms with Crippen molar-refractivity contribution in [2.45, 2.75) is 6.18 Å². The molecule has 0 aromatic heterocycles. The van der Waals surface area contributed by atoms with Gasteiger partial charge in [-0.25, -0.2) is 4.39 Å². The molecular formula is C25H16ClF4N3O3. The Morgan fingerprint density at radius 3 is 2.36 bits per heavy atom. The van der Waals surface area contributed by atoms with E-state index in [0.29, 0.717) is 11.3 Å². The Balaban J connectivity index is 1.64. The van der Waals surface area contributed by atoms with Crippen molar-refractivity contribution in [1.82, 2.24) is 0 Å². The molecule has 3 rings (SSSR count). The number of hydrogen-bond acceptors (Lipinski definition) is 4. The quantitative estimate of drug-likeness (QED) is 0.226. The number of rotatable bonds is 7. The SMILES string of the molecule is N#C/C(=C/c1ccc(OCC(=O)Nc2ccc(F)cc2)c(Cl)c1)C(=O)Nc1cccc(C(F)(F)F)c1. The number of anilines is 2. The number of alkyl halides is 3. The molecule has 0 unspecified atom stereocenters. The summed E-state index contributed by atoms with van der Waals surface area (Å²) in [6.07, 6.45) is -3.39. The lowest BCUT2D eigenvalue weighted by Gasteiger charge is -2.10. The largest absolute Gasteiger partial charge is 0.482 e. The Morgan fingerprint density at radius 1 is 1.00 bits per heavy atom. The molecule has 2 amide bonds. The van der Waals surface area contributed by atoms with E-state index in [1.54, 1.807) is 6.07 Å². The monoisotopic (exact) mass is 517 g/mol. The molecule has 0 bridgehead atoms. The van der Waals surface area contributed by atoms with Gasteiger partial charge in [-0.05, 0) is 66.2 Å². The summed E-state index contributed by atoms with van der Waals surface area (Å²) in [6, 6.07) is 15.1. The first kappa shape index (κ1) is 26.2. The van der Waals surface area contributed by atoms with E-state index in [-0.39, 0.29) is 22.0 Å². The van der Waals surface area contributed by atoms with Crippen LogP contribution in [-0.4, -0.2) is 18.4 Å². The zero-order valence-corrected chi connectivity index (χ0v) is 19.0. The third-order valence-electron chi connectivity index (χ3n) is 4.57. The number of carbonyl (C=O) groups excluding carboxylic acids is 2. The number of nitrogens with one attached hydrogen (secondary N) is 2. The molecule has 0 radical (unpaired) electrons. The van der Waals surface area contributed by atoms with Crippen molar-refractivity contribution >= 4 is 40.9 Å². The molecule has 0 fully saturated rings. The smallest absolute Gasteiger partial charge is 0.416 e. The summed E-state index contributed by atoms with van der Waals surface area (Å²) in [5.41, 5.74) is -0.744. The molecule has 0 heterocycles. The highest BCUT2D eigenvalue weighted by atomic mass is 35.5. The summed E-state index contributed by atoms with van der Waals surface area (Å²) in [6.45, 7) is -0.394. The molecule has 0 atom stereocenters. The predicted octanol–water partition coefficient (Wildman–Crippen LogP) is 6.06. The number of amides is 2. The Labute approximate surface area is 207 Å². The molecule has 0 saturated heterocycles. The number of carbonyl (C=O) groups is 2. The average Bonchev–Trinajstić information content (AvgIpc) is 2.83. The average molecular weight is 518 g/mol. The highest BCUT2D eigenvalue weighted by Crippen LogP contribution is 2.31. The Kier molecular flexibility index (Phi) is 8.30. The van der Waals surface area contributed by atoms with Gasteiger partial charge in [0.05, 0.1) is 10.6 Å². The van der Waals surface area contributed by atoms with Crippen molar-refractivity contribution in [1.29, 1.82) is 5.26 Å². The van der Waals surface area contributed by atoms with Gasteiger partial charge >= 0.3 is 6.18 Å². The van der Waals surface area contributed by atoms with Crippen LogP contribution >= 0.6 is 11.6 Å². The molecule has 6 nitrogen and oxygen atoms in total. The lowest BCUT2D eigenvalue weighted by molar-refractivity contribution is -0.137. The first-order valence-electron chi connectivity index (χ1n) is 10.1. The fourth-order valence-electron chi connectivity index (χ4n) is 2.88. The zero-order valence-electron chi connectivity index (χ0n) is 18.2. The molecule has 0 aliphatic carbocycles. The van der Waals surface area contributed by atoms with E-state index in [9.17, 15) is 32.4 Å². The standard InChI is InChI=1S/C25H16ClF4N3O3/c26-21-11-15(4-9-22(21)36-14-23(34)32-19-7-5-18(27)6-8-19)10-16(13-31)24(35)33-20-3-1-2-17(12-20)25(28,29)30/h1-12H,14H2,(H,32,34)(H,33,35)/b16-10-. The fraction of sp³-hybridized carbons (Fsp3) is 0.0800. The number of hydrogen-bond donors (Lipinski definition) is 2. The number of ether oxygens (including phenoxy) is 1. The van der Waals surface area contributed by atoms with Gasteiger partial charge in [-0.15, -0.1) is 0 Å². The van der Waals surface area contributed by atoms with Crippen molar-refractivity contribution in [2.24, 2.45) is 0 Å². The van der Waals surface area contributed by atoms with Crippen LogP contribution in [0.15, 0.2) is 72.3 Å². The summed E-state index contributed by atoms with van der Waals surface area (Å²) in [4.78, 5) is 24.4. The van der Waals surface area contributed by atoms with Crippen LogP contribution in [0.1, 0.15) is 11.1 Å². The van der Waals surface area contributed by atoms with Gasteiger partial charge in [-0.2, -0.15) is 18.4 Å². The van der Waals surface area contributed by atoms with Crippen LogP contribution in [0, 0.1) is 17.1 Å². The van der Waals surface area contributed by atoms with Gasteiger partial charge in [0.1, 0.15) is 23.2 Å². The molecule has 0 saturated carbocycles. The van der Waals surface area contributed by atoms with Crippen LogP contribution in [0.25, 0.3) is 6.08 Å². The van der Waals surface area contributed by atoms with Crippen LogP contribution in [0.4, 0.5) is 28.9 Å². The number of benzene rings is 3. The molecule has 3 aromatic carbocycles. The maximum absolute atomic E-state index is 12.9. The maximum atomic E-state index is 12.9. The Morgan fingerprint density at radius 2 is 1.72 bits per heavy atom. The van der Waals surface area contributed by atoms with Gasteiger partial charge in [-0.1, -0.05) is 23.7 Å². The second-order valence-electron chi connectivity index (χ2n) is 7.24. The second kappa shape index (κ2) is 11.4. The first-order valence-corrected chi connectivity index (χ1v) is 10.5. The van der Waals surface area contributed by atoms with E-state index >= 15 is 0 Å². The second-order valence-corrected chi connectivity index (χ2v) is 7.64. The zero-order chi connectivity index (χ0) is 26.3. The van der Waals surface area contributed by atoms with Crippen molar-refractivity contribution in [3.05, 3.63) is 94.3 Å². The summed E-state index contributed by atoms with van der Waals surface area (Å²) >= 11 is 6.17. The molecule has 3 aromatic rings. The van der Waals surface area contributed by atoms with Crippen molar-refractivity contribution in [3.63, 3.8) is 0 Å². The third kappa shape index (κ3) is 7.32. The van der Waals surface area contributed by atoms with Gasteiger partial charge in [-0.3, -0.25) is 9.59 Å². The predicted molar refractivity (Wildman–Crippen MR) is 126 cm³/mol. The third-order valence-corrected chi connectivity index (χ3v) is 4.86. The van der Waals surface area contributed by atoms with E-state index in [0.717, 1.165) is 18.2 Å². The fourth-order valence-corrected chi connectivity index (χ4v) is 3.13. The van der Waals surface area contributed by atoms with Gasteiger partial charge in [0, 0.05) is 11.4 Å². The lowest BCUT2D eigenvalue weighted by atomic mass is 10.1. The molecule has 11 heteroatoms. The van der Waals surface area contributed by atoms with Crippen molar-refractivity contribution in [3.8, 4) is 11.8 Å². The minimum absolute atomic E-state index is 0.0777. The number of nitrogens with zero attached hydrogens (tertiary/aromatic N) is 1. The van der Waals surface area contributed by atoms with E-state index < -0.39 is 36.0 Å². The number of halogens is 5. The van der Waals surface area contributed by atoms with Crippen LogP contribution < -0.4 is 15.4 Å². The van der Waals surface area contributed by atoms with Gasteiger partial charge in [0.2, 0.25) is 0 Å². The lowest BCUT2D eigenvalue weighted by Crippen LogP contribution is -2.20. The Bertz CT molecular complexity index is 1350. The summed E-state index contributed by atoms with van der Waals surface area (Å²) in [7, 11) is 0. The summed E-state index contributed by atoms with van der Waals surface area (Å²) < 4.78 is 56.9. The molecule has 0 aliphatic heterocycles. The molecule has 184 valence electrons. The van der Waals surface area contributed by atoms with Crippen LogP contribution in [0.2, 0.25) is 5.02 Å². The van der Waals surface area contributed by atoms with E-state index in [1.165, 1.54) is 54.6 Å². The highest BCUT2D eigenvalue weighted by Gasteiger charge is 2.30. The maximum Gasteiger partial charge on any atom is 0.416 e. The van der Waals surface area contributed by atoms with Gasteiger partial charge < -0.3 is 15.4 Å². The molecular weight excluding hydrogens is 502 g/mol. The van der Waals surface area contributed by atoms with E-state index in [1.807, 2.05) is 0 Å². The van der Waals surface area contributed by atoms with Crippen LogP contribution in [-0.2, 0) is 15.8 Å². The molecule has 36 heavy (non-hydrogen) atoms. The molecule has 2 N–H and O–H groups in total. The van der Waals surface area contributed by atoms with Gasteiger partial charge in [0.15, 0.2) is 6.61 Å². The highest BCUT2D eigenvalue weighted by molar-refractivity contribution is 6.32. The Hall–Kier alpha value is -4.36. The van der Waals surface area contributed by atoms with Gasteiger partial charge in [0.25, 0.3) is 11.8 Å². The number of nitriles is 1. The minimum Gasteiger partial charge on any atom is -0.482 e. The normalized spacial score (nSPS) is 11.4. The summed E-state index contributed by atoms with van der Waals surface area (Å²) in [5, 5.41) is 14.2. The first-order chi connectivity index (χ1) is 17.0. The van der Waals surface area contributed by atoms with E-state index in [2.05, 4.69) is 10.6 Å². The molecule has 0 aliphatic rings. The molecule has 0 spiro atoms. The minimum atomic E-state index is -4.59. The topological polar surface area (TPSA) is 91.2 Å². The van der Waals surface area contributed by atoms with Crippen LogP contribution in [0.5, 0.6) is 5.75 Å². The summed E-state index contributed by atoms with van der Waals surface area (Å²) in [5.74, 6) is -1.72. The van der Waals surface area contributed by atoms with Crippen LogP contribution in [0.3, 0.4) is 0 Å². The van der Waals surface area contributed by atoms with Crippen molar-refractivity contribution < 1.29 is 31.9 Å². The van der Waals surface area contributed by atoms with Crippen molar-refractivity contribution in [2.75, 3.05) is 17.2 Å². The van der Waals surface area contributed by atoms with E-state index in [4.69, 9.17) is 16.3 Å².